The molecule has 0 aromatic heterocycles. The molecule has 1 N–H and O–H groups in total. The van der Waals surface area contributed by atoms with Crippen molar-refractivity contribution in [3.05, 3.63) is 35.4 Å². The lowest BCUT2D eigenvalue weighted by molar-refractivity contribution is -0.126. The van der Waals surface area contributed by atoms with E-state index < -0.39 is 10.0 Å². The molecule has 1 amide bonds. The van der Waals surface area contributed by atoms with Crippen molar-refractivity contribution < 1.29 is 13.2 Å². The van der Waals surface area contributed by atoms with Crippen LogP contribution in [0.5, 0.6) is 0 Å². The molecular weight excluding hydrogens is 312 g/mol. The van der Waals surface area contributed by atoms with Gasteiger partial charge in [-0.15, -0.1) is 0 Å². The zero-order valence-electron chi connectivity index (χ0n) is 14.1. The molecule has 0 bridgehead atoms. The van der Waals surface area contributed by atoms with E-state index in [0.29, 0.717) is 38.4 Å². The number of nitrogens with zero attached hydrogens (tertiary/aromatic N) is 1. The number of rotatable bonds is 5. The van der Waals surface area contributed by atoms with Crippen molar-refractivity contribution in [3.63, 3.8) is 0 Å². The van der Waals surface area contributed by atoms with Gasteiger partial charge >= 0.3 is 0 Å². The first-order chi connectivity index (χ1) is 10.8. The van der Waals surface area contributed by atoms with Gasteiger partial charge in [-0.3, -0.25) is 4.79 Å². The normalized spacial score (nSPS) is 17.4. The van der Waals surface area contributed by atoms with Crippen molar-refractivity contribution in [1.82, 2.24) is 9.62 Å². The second-order valence-corrected chi connectivity index (χ2v) is 8.53. The fourth-order valence-electron chi connectivity index (χ4n) is 2.80. The van der Waals surface area contributed by atoms with Gasteiger partial charge in [-0.25, -0.2) is 12.7 Å². The Hall–Kier alpha value is -1.40. The SMILES string of the molecule is CC(C)c1ccc(CNC(=O)C2CCN(S(C)(=O)=O)CC2)cc1. The van der Waals surface area contributed by atoms with Crippen LogP contribution in [0, 0.1) is 5.92 Å². The zero-order chi connectivity index (χ0) is 17.0. The molecule has 0 radical (unpaired) electrons. The molecule has 0 atom stereocenters. The van der Waals surface area contributed by atoms with E-state index in [-0.39, 0.29) is 11.8 Å². The summed E-state index contributed by atoms with van der Waals surface area (Å²) in [5.41, 5.74) is 2.37. The number of nitrogens with one attached hydrogen (secondary N) is 1. The highest BCUT2D eigenvalue weighted by atomic mass is 32.2. The lowest BCUT2D eigenvalue weighted by Gasteiger charge is -2.29. The summed E-state index contributed by atoms with van der Waals surface area (Å²) in [6.45, 7) is 5.68. The Morgan fingerprint density at radius 3 is 2.26 bits per heavy atom. The van der Waals surface area contributed by atoms with Gasteiger partial charge in [0.1, 0.15) is 0 Å². The first-order valence-electron chi connectivity index (χ1n) is 8.09. The average Bonchev–Trinajstić information content (AvgIpc) is 2.52. The molecule has 0 aliphatic carbocycles. The summed E-state index contributed by atoms with van der Waals surface area (Å²) in [7, 11) is -3.14. The van der Waals surface area contributed by atoms with Gasteiger partial charge in [-0.1, -0.05) is 38.1 Å². The predicted molar refractivity (Wildman–Crippen MR) is 91.5 cm³/mol. The number of hydrogen-bond donors (Lipinski definition) is 1. The van der Waals surface area contributed by atoms with Gasteiger partial charge in [0, 0.05) is 25.6 Å². The fourth-order valence-corrected chi connectivity index (χ4v) is 3.68. The van der Waals surface area contributed by atoms with Crippen LogP contribution in [0.15, 0.2) is 24.3 Å². The van der Waals surface area contributed by atoms with Gasteiger partial charge in [0.05, 0.1) is 6.26 Å². The van der Waals surface area contributed by atoms with Crippen molar-refractivity contribution in [1.29, 1.82) is 0 Å². The second kappa shape index (κ2) is 7.45. The van der Waals surface area contributed by atoms with Crippen molar-refractivity contribution in [3.8, 4) is 0 Å². The van der Waals surface area contributed by atoms with E-state index in [1.807, 2.05) is 12.1 Å². The van der Waals surface area contributed by atoms with Crippen LogP contribution < -0.4 is 5.32 Å². The van der Waals surface area contributed by atoms with Crippen LogP contribution in [0.4, 0.5) is 0 Å². The summed E-state index contributed by atoms with van der Waals surface area (Å²) in [6, 6.07) is 8.28. The second-order valence-electron chi connectivity index (χ2n) is 6.55. The highest BCUT2D eigenvalue weighted by molar-refractivity contribution is 7.88. The summed E-state index contributed by atoms with van der Waals surface area (Å²) in [5.74, 6) is 0.424. The molecule has 0 unspecified atom stereocenters. The number of hydrogen-bond acceptors (Lipinski definition) is 3. The molecule has 1 aromatic rings. The van der Waals surface area contributed by atoms with Gasteiger partial charge < -0.3 is 5.32 Å². The summed E-state index contributed by atoms with van der Waals surface area (Å²) in [4.78, 5) is 12.2. The van der Waals surface area contributed by atoms with E-state index in [0.717, 1.165) is 5.56 Å². The van der Waals surface area contributed by atoms with Crippen LogP contribution in [0.3, 0.4) is 0 Å². The van der Waals surface area contributed by atoms with Gasteiger partial charge in [0.15, 0.2) is 0 Å². The monoisotopic (exact) mass is 338 g/mol. The lowest BCUT2D eigenvalue weighted by atomic mass is 9.97. The fraction of sp³-hybridized carbons (Fsp3) is 0.588. The smallest absolute Gasteiger partial charge is 0.223 e. The minimum atomic E-state index is -3.14. The Morgan fingerprint density at radius 2 is 1.78 bits per heavy atom. The topological polar surface area (TPSA) is 66.5 Å². The van der Waals surface area contributed by atoms with Crippen LogP contribution >= 0.6 is 0 Å². The van der Waals surface area contributed by atoms with E-state index in [2.05, 4.69) is 31.3 Å². The largest absolute Gasteiger partial charge is 0.352 e. The number of sulfonamides is 1. The van der Waals surface area contributed by atoms with E-state index in [1.54, 1.807) is 0 Å². The Balaban J connectivity index is 1.81. The molecule has 0 spiro atoms. The first kappa shape index (κ1) is 17.9. The molecule has 1 saturated heterocycles. The Labute approximate surface area is 139 Å². The third kappa shape index (κ3) is 5.04. The first-order valence-corrected chi connectivity index (χ1v) is 9.94. The molecule has 0 saturated carbocycles. The van der Waals surface area contributed by atoms with Crippen LogP contribution in [0.1, 0.15) is 43.7 Å². The number of piperidine rings is 1. The summed E-state index contributed by atoms with van der Waals surface area (Å²) < 4.78 is 24.4. The van der Waals surface area contributed by atoms with Crippen LogP contribution in [0.2, 0.25) is 0 Å². The number of carbonyl (C=O) groups excluding carboxylic acids is 1. The molecule has 128 valence electrons. The molecule has 23 heavy (non-hydrogen) atoms. The number of amides is 1. The molecule has 1 heterocycles. The highest BCUT2D eigenvalue weighted by Crippen LogP contribution is 2.19. The highest BCUT2D eigenvalue weighted by Gasteiger charge is 2.28. The van der Waals surface area contributed by atoms with Gasteiger partial charge in [0.2, 0.25) is 15.9 Å². The van der Waals surface area contributed by atoms with E-state index >= 15 is 0 Å². The van der Waals surface area contributed by atoms with Crippen LogP contribution in [-0.2, 0) is 21.4 Å². The zero-order valence-corrected chi connectivity index (χ0v) is 14.9. The predicted octanol–water partition coefficient (Wildman–Crippen LogP) is 2.10. The minimum Gasteiger partial charge on any atom is -0.352 e. The maximum atomic E-state index is 12.2. The molecule has 1 aromatic carbocycles. The van der Waals surface area contributed by atoms with Crippen molar-refractivity contribution in [2.24, 2.45) is 5.92 Å². The van der Waals surface area contributed by atoms with Crippen LogP contribution in [0.25, 0.3) is 0 Å². The summed E-state index contributed by atoms with van der Waals surface area (Å²) in [6.07, 6.45) is 2.39. The maximum Gasteiger partial charge on any atom is 0.223 e. The van der Waals surface area contributed by atoms with Crippen molar-refractivity contribution in [2.75, 3.05) is 19.3 Å². The number of carbonyl (C=O) groups is 1. The van der Waals surface area contributed by atoms with Gasteiger partial charge in [-0.05, 0) is 29.9 Å². The molecular formula is C17H26N2O3S. The lowest BCUT2D eigenvalue weighted by Crippen LogP contribution is -2.42. The third-order valence-corrected chi connectivity index (χ3v) is 5.71. The van der Waals surface area contributed by atoms with Crippen molar-refractivity contribution >= 4 is 15.9 Å². The molecule has 6 heteroatoms. The molecule has 2 rings (SSSR count). The van der Waals surface area contributed by atoms with Gasteiger partial charge in [0.25, 0.3) is 0 Å². The molecule has 1 aliphatic rings. The summed E-state index contributed by atoms with van der Waals surface area (Å²) >= 11 is 0. The quantitative estimate of drug-likeness (QED) is 0.894. The average molecular weight is 338 g/mol. The van der Waals surface area contributed by atoms with Crippen molar-refractivity contribution in [2.45, 2.75) is 39.2 Å². The number of benzene rings is 1. The van der Waals surface area contributed by atoms with Crippen LogP contribution in [-0.4, -0.2) is 38.0 Å². The Bertz CT molecular complexity index is 630. The standard InChI is InChI=1S/C17H26N2O3S/c1-13(2)15-6-4-14(5-7-15)12-18-17(20)16-8-10-19(11-9-16)23(3,21)22/h4-7,13,16H,8-12H2,1-3H3,(H,18,20). The summed E-state index contributed by atoms with van der Waals surface area (Å²) in [5, 5.41) is 2.96. The molecule has 1 aliphatic heterocycles. The van der Waals surface area contributed by atoms with E-state index in [4.69, 9.17) is 0 Å². The van der Waals surface area contributed by atoms with Gasteiger partial charge in [-0.2, -0.15) is 0 Å². The van der Waals surface area contributed by atoms with E-state index in [9.17, 15) is 13.2 Å². The molecule has 1 fully saturated rings. The minimum absolute atomic E-state index is 0.0195. The van der Waals surface area contributed by atoms with E-state index in [1.165, 1.54) is 16.1 Å². The molecule has 5 nitrogen and oxygen atoms in total. The Kier molecular flexibility index (Phi) is 5.81. The maximum absolute atomic E-state index is 12.2. The Morgan fingerprint density at radius 1 is 1.22 bits per heavy atom. The third-order valence-electron chi connectivity index (χ3n) is 4.41.